The summed E-state index contributed by atoms with van der Waals surface area (Å²) in [5.74, 6) is 0. The molecule has 0 radical (unpaired) electrons. The largest absolute Gasteiger partial charge is 0.361 e. The zero-order chi connectivity index (χ0) is 12.0. The average Bonchev–Trinajstić information content (AvgIpc) is 2.82. The molecule has 96 valence electrons. The van der Waals surface area contributed by atoms with Crippen molar-refractivity contribution in [2.24, 2.45) is 0 Å². The monoisotopic (exact) mass is 243 g/mol. The molecular weight excluding hydrogens is 222 g/mol. The molecule has 1 aromatic rings. The quantitative estimate of drug-likeness (QED) is 0.748. The Hall–Kier alpha value is -0.860. The fraction of sp³-hybridized carbons (Fsp3) is 0.625. The third-order valence-electron chi connectivity index (χ3n) is 5.20. The zero-order valence-corrected chi connectivity index (χ0v) is 10.8. The highest BCUT2D eigenvalue weighted by atomic mass is 16.5. The van der Waals surface area contributed by atoms with Crippen molar-refractivity contribution >= 4 is 0 Å². The fourth-order valence-electron chi connectivity index (χ4n) is 4.18. The van der Waals surface area contributed by atoms with E-state index < -0.39 is 0 Å². The minimum absolute atomic E-state index is 0.393. The van der Waals surface area contributed by atoms with E-state index in [9.17, 15) is 0 Å². The van der Waals surface area contributed by atoms with Crippen LogP contribution in [0.25, 0.3) is 0 Å². The molecule has 4 rings (SSSR count). The van der Waals surface area contributed by atoms with Crippen molar-refractivity contribution in [3.63, 3.8) is 0 Å². The summed E-state index contributed by atoms with van der Waals surface area (Å²) in [5.41, 5.74) is 1.92. The molecule has 0 N–H and O–H groups in total. The molecule has 3 aliphatic rings. The normalized spacial score (nSPS) is 34.2. The first kappa shape index (κ1) is 11.0. The predicted molar refractivity (Wildman–Crippen MR) is 71.2 cm³/mol. The summed E-state index contributed by atoms with van der Waals surface area (Å²) in [7, 11) is 0. The Morgan fingerprint density at radius 1 is 1.06 bits per heavy atom. The predicted octanol–water partition coefficient (Wildman–Crippen LogP) is 3.49. The van der Waals surface area contributed by atoms with Gasteiger partial charge in [0.1, 0.15) is 6.23 Å². The highest BCUT2D eigenvalue weighted by Crippen LogP contribution is 2.52. The molecule has 2 heterocycles. The molecule has 1 aromatic carbocycles. The molecular formula is C16H21NO. The highest BCUT2D eigenvalue weighted by molar-refractivity contribution is 5.22. The molecule has 0 unspecified atom stereocenters. The van der Waals surface area contributed by atoms with Gasteiger partial charge >= 0.3 is 0 Å². The van der Waals surface area contributed by atoms with Crippen LogP contribution in [-0.4, -0.2) is 23.3 Å². The van der Waals surface area contributed by atoms with Gasteiger partial charge in [-0.15, -0.1) is 0 Å². The van der Waals surface area contributed by atoms with Crippen LogP contribution in [0.15, 0.2) is 30.3 Å². The fourth-order valence-corrected chi connectivity index (χ4v) is 4.18. The number of rotatable bonds is 1. The van der Waals surface area contributed by atoms with Gasteiger partial charge in [0, 0.05) is 5.54 Å². The van der Waals surface area contributed by atoms with Gasteiger partial charge < -0.3 is 4.74 Å². The molecule has 0 amide bonds. The molecule has 0 bridgehead atoms. The molecule has 2 atom stereocenters. The lowest BCUT2D eigenvalue weighted by molar-refractivity contribution is -0.108. The van der Waals surface area contributed by atoms with Crippen LogP contribution >= 0.6 is 0 Å². The van der Waals surface area contributed by atoms with Gasteiger partial charge in [-0.3, -0.25) is 4.90 Å². The number of hydrogen-bond donors (Lipinski definition) is 0. The molecule has 1 aliphatic carbocycles. The summed E-state index contributed by atoms with van der Waals surface area (Å²) < 4.78 is 6.08. The zero-order valence-electron chi connectivity index (χ0n) is 10.8. The van der Waals surface area contributed by atoms with Gasteiger partial charge in [-0.25, -0.2) is 0 Å². The number of nitrogens with zero attached hydrogens (tertiary/aromatic N) is 1. The summed E-state index contributed by atoms with van der Waals surface area (Å²) in [6.07, 6.45) is 8.53. The lowest BCUT2D eigenvalue weighted by Gasteiger charge is -2.55. The van der Waals surface area contributed by atoms with Crippen LogP contribution in [0.5, 0.6) is 0 Å². The van der Waals surface area contributed by atoms with Crippen molar-refractivity contribution in [3.8, 4) is 0 Å². The molecule has 1 saturated carbocycles. The Morgan fingerprint density at radius 3 is 2.56 bits per heavy atom. The third kappa shape index (κ3) is 1.49. The SMILES string of the molecule is c1ccc([C@@H]2CO[C@@H]3CCCC4(CCC4)N32)cc1. The molecule has 2 saturated heterocycles. The Kier molecular flexibility index (Phi) is 2.49. The number of ether oxygens (including phenoxy) is 1. The van der Waals surface area contributed by atoms with E-state index in [-0.39, 0.29) is 0 Å². The Morgan fingerprint density at radius 2 is 1.83 bits per heavy atom. The van der Waals surface area contributed by atoms with Crippen molar-refractivity contribution in [1.82, 2.24) is 4.90 Å². The summed E-state index contributed by atoms with van der Waals surface area (Å²) >= 11 is 0. The number of benzene rings is 1. The topological polar surface area (TPSA) is 12.5 Å². The molecule has 2 nitrogen and oxygen atoms in total. The highest BCUT2D eigenvalue weighted by Gasteiger charge is 2.53. The van der Waals surface area contributed by atoms with Gasteiger partial charge in [0.05, 0.1) is 12.6 Å². The molecule has 2 heteroatoms. The Balaban J connectivity index is 1.68. The van der Waals surface area contributed by atoms with Gasteiger partial charge in [-0.1, -0.05) is 30.3 Å². The van der Waals surface area contributed by atoms with Crippen LogP contribution < -0.4 is 0 Å². The number of hydrogen-bond acceptors (Lipinski definition) is 2. The Labute approximate surface area is 109 Å². The minimum Gasteiger partial charge on any atom is -0.361 e. The van der Waals surface area contributed by atoms with Crippen LogP contribution in [0, 0.1) is 0 Å². The minimum atomic E-state index is 0.393. The number of fused-ring (bicyclic) bond motifs is 2. The van der Waals surface area contributed by atoms with E-state index >= 15 is 0 Å². The molecule has 0 aromatic heterocycles. The smallest absolute Gasteiger partial charge is 0.111 e. The molecule has 18 heavy (non-hydrogen) atoms. The van der Waals surface area contributed by atoms with E-state index in [0.29, 0.717) is 17.8 Å². The van der Waals surface area contributed by atoms with E-state index in [1.54, 1.807) is 0 Å². The van der Waals surface area contributed by atoms with Crippen LogP contribution in [0.4, 0.5) is 0 Å². The van der Waals surface area contributed by atoms with Crippen molar-refractivity contribution in [3.05, 3.63) is 35.9 Å². The summed E-state index contributed by atoms with van der Waals surface area (Å²) in [4.78, 5) is 2.73. The molecule has 1 spiro atoms. The second kappa shape index (κ2) is 4.07. The van der Waals surface area contributed by atoms with E-state index in [1.165, 1.54) is 44.1 Å². The summed E-state index contributed by atoms with van der Waals surface area (Å²) in [5, 5.41) is 0. The van der Waals surface area contributed by atoms with Crippen LogP contribution in [0.2, 0.25) is 0 Å². The van der Waals surface area contributed by atoms with Gasteiger partial charge in [0.2, 0.25) is 0 Å². The standard InChI is InChI=1S/C16H21NO/c1-2-6-13(7-3-1)14-12-18-15-8-4-9-16(17(14)15)10-5-11-16/h1-3,6-7,14-15H,4-5,8-12H2/t14-,15+/m0/s1. The van der Waals surface area contributed by atoms with E-state index in [0.717, 1.165) is 6.61 Å². The van der Waals surface area contributed by atoms with Crippen LogP contribution in [0.3, 0.4) is 0 Å². The van der Waals surface area contributed by atoms with E-state index in [4.69, 9.17) is 4.74 Å². The van der Waals surface area contributed by atoms with Crippen molar-refractivity contribution in [1.29, 1.82) is 0 Å². The van der Waals surface area contributed by atoms with Gasteiger partial charge in [-0.2, -0.15) is 0 Å². The lowest BCUT2D eigenvalue weighted by Crippen LogP contribution is -2.58. The maximum atomic E-state index is 6.08. The van der Waals surface area contributed by atoms with Crippen molar-refractivity contribution in [2.75, 3.05) is 6.61 Å². The molecule has 2 aliphatic heterocycles. The average molecular weight is 243 g/mol. The maximum absolute atomic E-state index is 6.08. The summed E-state index contributed by atoms with van der Waals surface area (Å²) in [6, 6.07) is 11.4. The van der Waals surface area contributed by atoms with Gasteiger partial charge in [0.25, 0.3) is 0 Å². The summed E-state index contributed by atoms with van der Waals surface area (Å²) in [6.45, 7) is 0.885. The third-order valence-corrected chi connectivity index (χ3v) is 5.20. The first-order chi connectivity index (χ1) is 8.89. The first-order valence-electron chi connectivity index (χ1n) is 7.34. The van der Waals surface area contributed by atoms with Crippen LogP contribution in [-0.2, 0) is 4.74 Å². The van der Waals surface area contributed by atoms with Crippen molar-refractivity contribution < 1.29 is 4.74 Å². The second-order valence-corrected chi connectivity index (χ2v) is 6.09. The maximum Gasteiger partial charge on any atom is 0.111 e. The van der Waals surface area contributed by atoms with Gasteiger partial charge in [0.15, 0.2) is 0 Å². The van der Waals surface area contributed by atoms with Crippen LogP contribution in [0.1, 0.15) is 50.1 Å². The van der Waals surface area contributed by atoms with Gasteiger partial charge in [-0.05, 0) is 44.1 Å². The first-order valence-corrected chi connectivity index (χ1v) is 7.34. The van der Waals surface area contributed by atoms with Crippen molar-refractivity contribution in [2.45, 2.75) is 56.3 Å². The molecule has 3 fully saturated rings. The number of piperidine rings is 1. The van der Waals surface area contributed by atoms with E-state index in [2.05, 4.69) is 35.2 Å². The lowest BCUT2D eigenvalue weighted by atomic mass is 9.69. The second-order valence-electron chi connectivity index (χ2n) is 6.09. The van der Waals surface area contributed by atoms with E-state index in [1.807, 2.05) is 0 Å². The Bertz CT molecular complexity index is 426.